The second kappa shape index (κ2) is 9.71. The molecular weight excluding hydrogens is 531 g/mol. The zero-order valence-corrected chi connectivity index (χ0v) is 19.3. The Bertz CT molecular complexity index is 1340. The molecule has 1 aliphatic heterocycles. The lowest BCUT2D eigenvalue weighted by Crippen LogP contribution is -2.25. The molecule has 0 bridgehead atoms. The van der Waals surface area contributed by atoms with E-state index in [1.807, 2.05) is 0 Å². The number of nitro benzene ring substituents is 1. The van der Waals surface area contributed by atoms with Gasteiger partial charge in [0.2, 0.25) is 0 Å². The van der Waals surface area contributed by atoms with Crippen LogP contribution < -0.4 is 9.75 Å². The predicted octanol–water partition coefficient (Wildman–Crippen LogP) is 6.28. The van der Waals surface area contributed by atoms with Gasteiger partial charge in [0.15, 0.2) is 5.71 Å². The molecule has 3 aromatic rings. The molecule has 1 aliphatic rings. The number of anilines is 1. The largest absolute Gasteiger partial charge is 0.488 e. The molecule has 11 heteroatoms. The van der Waals surface area contributed by atoms with Crippen LogP contribution in [0.15, 0.2) is 87.9 Å². The monoisotopic (exact) mass is 545 g/mol. The Labute approximate surface area is 205 Å². The van der Waals surface area contributed by atoms with Gasteiger partial charge in [0.1, 0.15) is 12.4 Å². The maximum atomic E-state index is 13.8. The van der Waals surface area contributed by atoms with E-state index in [0.29, 0.717) is 15.0 Å². The summed E-state index contributed by atoms with van der Waals surface area (Å²) in [5.74, 6) is -0.712. The number of para-hydroxylation sites is 1. The molecule has 4 rings (SSSR count). The van der Waals surface area contributed by atoms with E-state index in [0.717, 1.165) is 6.08 Å². The summed E-state index contributed by atoms with van der Waals surface area (Å²) in [7, 11) is 0. The summed E-state index contributed by atoms with van der Waals surface area (Å²) >= 11 is 3.29. The fourth-order valence-corrected chi connectivity index (χ4v) is 3.67. The van der Waals surface area contributed by atoms with E-state index < -0.39 is 28.3 Å². The van der Waals surface area contributed by atoms with Crippen LogP contribution >= 0.6 is 15.9 Å². The second-order valence-corrected chi connectivity index (χ2v) is 8.27. The van der Waals surface area contributed by atoms with Crippen LogP contribution in [-0.4, -0.2) is 22.7 Å². The van der Waals surface area contributed by atoms with E-state index in [4.69, 9.17) is 4.74 Å². The molecule has 0 radical (unpaired) electrons. The summed E-state index contributed by atoms with van der Waals surface area (Å²) in [6, 6.07) is 18.2. The number of benzene rings is 3. The van der Waals surface area contributed by atoms with Gasteiger partial charge in [-0.3, -0.25) is 14.9 Å². The Morgan fingerprint density at radius 1 is 1.06 bits per heavy atom. The van der Waals surface area contributed by atoms with Crippen molar-refractivity contribution in [3.05, 3.63) is 104 Å². The lowest BCUT2D eigenvalue weighted by atomic mass is 10.1. The molecule has 1 heterocycles. The van der Waals surface area contributed by atoms with Crippen LogP contribution in [0, 0.1) is 10.1 Å². The van der Waals surface area contributed by atoms with Crippen LogP contribution in [0.4, 0.5) is 24.5 Å². The van der Waals surface area contributed by atoms with Gasteiger partial charge in [-0.1, -0.05) is 34.1 Å². The number of ether oxygens (including phenoxy) is 1. The normalized spacial score (nSPS) is 14.9. The first-order valence-corrected chi connectivity index (χ1v) is 10.9. The summed E-state index contributed by atoms with van der Waals surface area (Å²) in [5.41, 5.74) is -0.985. The molecule has 0 N–H and O–H groups in total. The van der Waals surface area contributed by atoms with Crippen molar-refractivity contribution in [3.8, 4) is 5.75 Å². The topological polar surface area (TPSA) is 85.0 Å². The Morgan fingerprint density at radius 2 is 1.74 bits per heavy atom. The van der Waals surface area contributed by atoms with Crippen molar-refractivity contribution in [1.29, 1.82) is 0 Å². The summed E-state index contributed by atoms with van der Waals surface area (Å²) in [5, 5.41) is 15.1. The maximum Gasteiger partial charge on any atom is 0.435 e. The van der Waals surface area contributed by atoms with Crippen molar-refractivity contribution in [3.63, 3.8) is 0 Å². The fraction of sp³-hybridized carbons (Fsp3) is 0.0833. The van der Waals surface area contributed by atoms with Crippen molar-refractivity contribution in [2.24, 2.45) is 5.10 Å². The average Bonchev–Trinajstić information content (AvgIpc) is 3.16. The third-order valence-electron chi connectivity index (χ3n) is 4.96. The predicted molar refractivity (Wildman–Crippen MR) is 127 cm³/mol. The van der Waals surface area contributed by atoms with E-state index >= 15 is 0 Å². The number of nitro groups is 1. The first-order chi connectivity index (χ1) is 16.6. The van der Waals surface area contributed by atoms with E-state index in [1.54, 1.807) is 30.3 Å². The minimum absolute atomic E-state index is 0.000103. The lowest BCUT2D eigenvalue weighted by molar-refractivity contribution is -0.384. The van der Waals surface area contributed by atoms with Crippen molar-refractivity contribution in [2.75, 3.05) is 5.01 Å². The van der Waals surface area contributed by atoms with Gasteiger partial charge in [-0.15, -0.1) is 0 Å². The Balaban J connectivity index is 1.67. The zero-order chi connectivity index (χ0) is 25.2. The SMILES string of the molecule is O=C1/C(=C\c2cc(Br)ccc2OCc2ccc([N+](=O)[O-])cc2)C(C(F)(F)F)=NN1c1ccccc1. The Morgan fingerprint density at radius 3 is 2.37 bits per heavy atom. The summed E-state index contributed by atoms with van der Waals surface area (Å²) in [4.78, 5) is 23.3. The van der Waals surface area contributed by atoms with E-state index in [9.17, 15) is 28.1 Å². The van der Waals surface area contributed by atoms with Gasteiger partial charge in [0, 0.05) is 22.2 Å². The van der Waals surface area contributed by atoms with Gasteiger partial charge in [-0.25, -0.2) is 0 Å². The standard InChI is InChI=1S/C24H15BrF3N3O4/c25-17-8-11-21(35-14-15-6-9-19(10-7-15)31(33)34)16(12-17)13-20-22(24(26,27)28)29-30(23(20)32)18-4-2-1-3-5-18/h1-13H,14H2/b20-13-. The Kier molecular flexibility index (Phi) is 6.70. The molecule has 0 saturated carbocycles. The molecule has 1 amide bonds. The molecule has 0 atom stereocenters. The highest BCUT2D eigenvalue weighted by Crippen LogP contribution is 2.34. The highest BCUT2D eigenvalue weighted by atomic mass is 79.9. The first-order valence-electron chi connectivity index (χ1n) is 10.1. The molecule has 0 aromatic heterocycles. The number of hydrogen-bond acceptors (Lipinski definition) is 5. The number of nitrogens with zero attached hydrogens (tertiary/aromatic N) is 3. The van der Waals surface area contributed by atoms with Gasteiger partial charge in [-0.05, 0) is 54.1 Å². The summed E-state index contributed by atoms with van der Waals surface area (Å²) in [6.07, 6.45) is -3.77. The van der Waals surface area contributed by atoms with Gasteiger partial charge in [0.25, 0.3) is 11.6 Å². The number of alkyl halides is 3. The van der Waals surface area contributed by atoms with Crippen LogP contribution in [0.1, 0.15) is 11.1 Å². The maximum absolute atomic E-state index is 13.8. The van der Waals surface area contributed by atoms with E-state index in [-0.39, 0.29) is 29.3 Å². The van der Waals surface area contributed by atoms with Crippen LogP contribution in [-0.2, 0) is 11.4 Å². The molecule has 3 aromatic carbocycles. The third-order valence-corrected chi connectivity index (χ3v) is 5.45. The van der Waals surface area contributed by atoms with Gasteiger partial charge < -0.3 is 4.74 Å². The molecule has 0 unspecified atom stereocenters. The molecule has 0 spiro atoms. The third kappa shape index (κ3) is 5.40. The van der Waals surface area contributed by atoms with Crippen LogP contribution in [0.2, 0.25) is 0 Å². The number of hydrazone groups is 1. The number of halogens is 4. The number of hydrogen-bond donors (Lipinski definition) is 0. The molecule has 35 heavy (non-hydrogen) atoms. The highest BCUT2D eigenvalue weighted by molar-refractivity contribution is 9.10. The van der Waals surface area contributed by atoms with Crippen molar-refractivity contribution in [1.82, 2.24) is 0 Å². The van der Waals surface area contributed by atoms with Crippen LogP contribution in [0.5, 0.6) is 5.75 Å². The summed E-state index contributed by atoms with van der Waals surface area (Å²) in [6.45, 7) is 0.000103. The molecular formula is C24H15BrF3N3O4. The lowest BCUT2D eigenvalue weighted by Gasteiger charge is -2.12. The van der Waals surface area contributed by atoms with Crippen molar-refractivity contribution >= 4 is 45.0 Å². The summed E-state index contributed by atoms with van der Waals surface area (Å²) < 4.78 is 47.7. The number of non-ortho nitro benzene ring substituents is 1. The molecule has 0 saturated heterocycles. The molecule has 7 nitrogen and oxygen atoms in total. The van der Waals surface area contributed by atoms with Crippen molar-refractivity contribution < 1.29 is 27.6 Å². The van der Waals surface area contributed by atoms with Crippen LogP contribution in [0.3, 0.4) is 0 Å². The van der Waals surface area contributed by atoms with Gasteiger partial charge >= 0.3 is 6.18 Å². The first kappa shape index (κ1) is 24.1. The molecule has 178 valence electrons. The smallest absolute Gasteiger partial charge is 0.435 e. The molecule has 0 aliphatic carbocycles. The average molecular weight is 546 g/mol. The molecule has 0 fully saturated rings. The van der Waals surface area contributed by atoms with Gasteiger partial charge in [0.05, 0.1) is 16.2 Å². The number of rotatable bonds is 6. The Hall–Kier alpha value is -3.99. The zero-order valence-electron chi connectivity index (χ0n) is 17.7. The van der Waals surface area contributed by atoms with Crippen molar-refractivity contribution in [2.45, 2.75) is 12.8 Å². The highest BCUT2D eigenvalue weighted by Gasteiger charge is 2.46. The number of amides is 1. The quantitative estimate of drug-likeness (QED) is 0.207. The number of carbonyl (C=O) groups excluding carboxylic acids is 1. The minimum atomic E-state index is -4.86. The second-order valence-electron chi connectivity index (χ2n) is 7.35. The number of carbonyl (C=O) groups is 1. The van der Waals surface area contributed by atoms with Crippen LogP contribution in [0.25, 0.3) is 6.08 Å². The van der Waals surface area contributed by atoms with E-state index in [1.165, 1.54) is 42.5 Å². The fourth-order valence-electron chi connectivity index (χ4n) is 3.29. The van der Waals surface area contributed by atoms with Gasteiger partial charge in [-0.2, -0.15) is 23.3 Å². The minimum Gasteiger partial charge on any atom is -0.488 e. The van der Waals surface area contributed by atoms with E-state index in [2.05, 4.69) is 21.0 Å².